The van der Waals surface area contributed by atoms with Gasteiger partial charge in [-0.3, -0.25) is 4.79 Å². The molecule has 0 spiro atoms. The van der Waals surface area contributed by atoms with E-state index in [0.717, 1.165) is 44.9 Å². The van der Waals surface area contributed by atoms with Crippen molar-refractivity contribution in [3.63, 3.8) is 0 Å². The first-order chi connectivity index (χ1) is 35.1. The number of carbonyl (C=O) groups is 1. The topological polar surface area (TPSA) is 214 Å². The van der Waals surface area contributed by atoms with Gasteiger partial charge in [0.1, 0.15) is 54.9 Å². The first-order valence-electron chi connectivity index (χ1n) is 30.1. The molecule has 0 radical (unpaired) electrons. The molecule has 0 saturated carbocycles. The van der Waals surface area contributed by atoms with Crippen molar-refractivity contribution >= 4 is 5.97 Å². The molecule has 11 atom stereocenters. The largest absolute Gasteiger partial charge is 0.457 e. The van der Waals surface area contributed by atoms with E-state index in [-0.39, 0.29) is 25.6 Å². The van der Waals surface area contributed by atoms with Gasteiger partial charge < -0.3 is 64.2 Å². The van der Waals surface area contributed by atoms with E-state index < -0.39 is 80.7 Å². The van der Waals surface area contributed by atoms with Gasteiger partial charge >= 0.3 is 5.97 Å². The van der Waals surface area contributed by atoms with Crippen molar-refractivity contribution in [2.45, 2.75) is 332 Å². The average Bonchev–Trinajstić information content (AvgIpc) is 3.38. The van der Waals surface area contributed by atoms with E-state index in [4.69, 9.17) is 28.4 Å². The summed E-state index contributed by atoms with van der Waals surface area (Å²) in [6, 6.07) is 0. The molecule has 2 aliphatic heterocycles. The third-order valence-electron chi connectivity index (χ3n) is 14.9. The summed E-state index contributed by atoms with van der Waals surface area (Å²) in [5, 5.41) is 72.3. The molecule has 0 aromatic rings. The van der Waals surface area contributed by atoms with Crippen molar-refractivity contribution in [1.82, 2.24) is 0 Å². The second kappa shape index (κ2) is 46.1. The Kier molecular flexibility index (Phi) is 43.0. The highest BCUT2D eigenvalue weighted by atomic mass is 16.7. The lowest BCUT2D eigenvalue weighted by Crippen LogP contribution is -2.61. The van der Waals surface area contributed by atoms with Gasteiger partial charge in [-0.1, -0.05) is 245 Å². The normalized spacial score (nSPS) is 25.0. The summed E-state index contributed by atoms with van der Waals surface area (Å²) in [5.41, 5.74) is 0. The van der Waals surface area contributed by atoms with Crippen LogP contribution in [0.5, 0.6) is 0 Å². The fourth-order valence-electron chi connectivity index (χ4n) is 9.99. The third kappa shape index (κ3) is 32.5. The van der Waals surface area contributed by atoms with Gasteiger partial charge in [-0.25, -0.2) is 0 Å². The van der Waals surface area contributed by atoms with Crippen LogP contribution >= 0.6 is 0 Å². The van der Waals surface area contributed by atoms with Crippen LogP contribution in [0.4, 0.5) is 0 Å². The van der Waals surface area contributed by atoms with E-state index in [1.807, 2.05) is 0 Å². The molecule has 72 heavy (non-hydrogen) atoms. The maximum atomic E-state index is 13.1. The standard InChI is InChI=1S/C58H112O14/c1-3-5-7-9-11-13-15-17-19-21-22-23-24-25-26-27-29-31-33-35-37-39-41-50(60)70-47(44-67-42-40-38-36-34-32-30-28-20-18-16-14-12-10-8-6-4-2)45-68-57-56(66)54(64)52(62)49(72-57)46-69-58-55(65)53(63)51(61)48(43-59)71-58/h47-49,51-59,61-66H,3-46H2,1-2H3. The lowest BCUT2D eigenvalue weighted by atomic mass is 9.98. The van der Waals surface area contributed by atoms with Crippen LogP contribution in [-0.4, -0.2) is 142 Å². The minimum atomic E-state index is -1.70. The SMILES string of the molecule is CCCCCCCCCCCCCCCCCCCCCCCCC(=O)OC(COCCCCCCCCCCCCCCCCCC)COC1OC(COC2OC(CO)C(O)C(O)C2O)C(O)C(O)C1O. The first-order valence-corrected chi connectivity index (χ1v) is 30.1. The fourth-order valence-corrected chi connectivity index (χ4v) is 9.99. The molecule has 7 N–H and O–H groups in total. The van der Waals surface area contributed by atoms with Crippen LogP contribution in [0.1, 0.15) is 264 Å². The minimum absolute atomic E-state index is 0.0709. The van der Waals surface area contributed by atoms with Crippen LogP contribution in [0.25, 0.3) is 0 Å². The van der Waals surface area contributed by atoms with E-state index in [1.165, 1.54) is 199 Å². The van der Waals surface area contributed by atoms with Crippen molar-refractivity contribution in [1.29, 1.82) is 0 Å². The highest BCUT2D eigenvalue weighted by Crippen LogP contribution is 2.27. The Morgan fingerprint density at radius 2 is 0.736 bits per heavy atom. The zero-order valence-electron chi connectivity index (χ0n) is 46.0. The van der Waals surface area contributed by atoms with Crippen LogP contribution in [0.2, 0.25) is 0 Å². The molecule has 0 aromatic heterocycles. The molecule has 11 unspecified atom stereocenters. The lowest BCUT2D eigenvalue weighted by molar-refractivity contribution is -0.332. The van der Waals surface area contributed by atoms with Gasteiger partial charge in [-0.05, 0) is 12.8 Å². The number of aliphatic hydroxyl groups excluding tert-OH is 7. The van der Waals surface area contributed by atoms with Gasteiger partial charge in [0.15, 0.2) is 12.6 Å². The van der Waals surface area contributed by atoms with E-state index >= 15 is 0 Å². The molecule has 14 nitrogen and oxygen atoms in total. The van der Waals surface area contributed by atoms with E-state index in [2.05, 4.69) is 13.8 Å². The summed E-state index contributed by atoms with van der Waals surface area (Å²) >= 11 is 0. The third-order valence-corrected chi connectivity index (χ3v) is 14.9. The number of carbonyl (C=O) groups excluding carboxylic acids is 1. The number of hydrogen-bond acceptors (Lipinski definition) is 14. The Balaban J connectivity index is 1.68. The Hall–Kier alpha value is -1.01. The fraction of sp³-hybridized carbons (Fsp3) is 0.983. The van der Waals surface area contributed by atoms with Crippen molar-refractivity contribution in [2.24, 2.45) is 0 Å². The summed E-state index contributed by atoms with van der Waals surface area (Å²) in [6.07, 6.45) is 33.1. The molecular formula is C58H112O14. The average molecular weight is 1030 g/mol. The summed E-state index contributed by atoms with van der Waals surface area (Å²) in [4.78, 5) is 13.1. The second-order valence-corrected chi connectivity index (χ2v) is 21.5. The molecule has 0 aliphatic carbocycles. The first kappa shape index (κ1) is 67.1. The van der Waals surface area contributed by atoms with E-state index in [1.54, 1.807) is 0 Å². The molecule has 2 aliphatic rings. The Bertz CT molecular complexity index is 1200. The molecule has 428 valence electrons. The molecule has 2 fully saturated rings. The number of rotatable bonds is 50. The highest BCUT2D eigenvalue weighted by Gasteiger charge is 2.47. The molecular weight excluding hydrogens is 921 g/mol. The lowest BCUT2D eigenvalue weighted by Gasteiger charge is -2.42. The second-order valence-electron chi connectivity index (χ2n) is 21.5. The van der Waals surface area contributed by atoms with Gasteiger partial charge in [-0.15, -0.1) is 0 Å². The number of hydrogen-bond donors (Lipinski definition) is 7. The Morgan fingerprint density at radius 1 is 0.403 bits per heavy atom. The molecule has 2 saturated heterocycles. The van der Waals surface area contributed by atoms with Crippen LogP contribution < -0.4 is 0 Å². The Morgan fingerprint density at radius 3 is 1.12 bits per heavy atom. The maximum absolute atomic E-state index is 13.1. The maximum Gasteiger partial charge on any atom is 0.306 e. The molecule has 14 heteroatoms. The van der Waals surface area contributed by atoms with Crippen molar-refractivity contribution < 1.29 is 69.0 Å². The van der Waals surface area contributed by atoms with E-state index in [0.29, 0.717) is 6.61 Å². The quantitative estimate of drug-likeness (QED) is 0.0223. The van der Waals surface area contributed by atoms with Crippen molar-refractivity contribution in [3.05, 3.63) is 0 Å². The van der Waals surface area contributed by atoms with Crippen LogP contribution in [0.3, 0.4) is 0 Å². The molecule has 0 bridgehead atoms. The number of ether oxygens (including phenoxy) is 6. The predicted molar refractivity (Wildman–Crippen MR) is 284 cm³/mol. The van der Waals surface area contributed by atoms with Crippen molar-refractivity contribution in [3.8, 4) is 0 Å². The van der Waals surface area contributed by atoms with Gasteiger partial charge in [0, 0.05) is 13.0 Å². The van der Waals surface area contributed by atoms with Crippen molar-refractivity contribution in [2.75, 3.05) is 33.0 Å². The van der Waals surface area contributed by atoms with E-state index in [9.17, 15) is 40.5 Å². The Labute approximate surface area is 438 Å². The monoisotopic (exact) mass is 1030 g/mol. The number of unbranched alkanes of at least 4 members (excludes halogenated alkanes) is 36. The van der Waals surface area contributed by atoms with Crippen LogP contribution in [0, 0.1) is 0 Å². The van der Waals surface area contributed by atoms with Gasteiger partial charge in [0.05, 0.1) is 26.4 Å². The zero-order valence-corrected chi connectivity index (χ0v) is 46.0. The number of esters is 1. The highest BCUT2D eigenvalue weighted by molar-refractivity contribution is 5.69. The van der Waals surface area contributed by atoms with Gasteiger partial charge in [0.25, 0.3) is 0 Å². The smallest absolute Gasteiger partial charge is 0.306 e. The number of aliphatic hydroxyl groups is 7. The molecule has 0 amide bonds. The summed E-state index contributed by atoms with van der Waals surface area (Å²) < 4.78 is 34.4. The summed E-state index contributed by atoms with van der Waals surface area (Å²) in [5.74, 6) is -0.367. The minimum Gasteiger partial charge on any atom is -0.457 e. The summed E-state index contributed by atoms with van der Waals surface area (Å²) in [6.45, 7) is 3.77. The van der Waals surface area contributed by atoms with Crippen LogP contribution in [0.15, 0.2) is 0 Å². The molecule has 2 rings (SSSR count). The van der Waals surface area contributed by atoms with Gasteiger partial charge in [-0.2, -0.15) is 0 Å². The van der Waals surface area contributed by atoms with Crippen LogP contribution in [-0.2, 0) is 33.2 Å². The predicted octanol–water partition coefficient (Wildman–Crippen LogP) is 10.8. The summed E-state index contributed by atoms with van der Waals surface area (Å²) in [7, 11) is 0. The molecule has 2 heterocycles. The van der Waals surface area contributed by atoms with Gasteiger partial charge in [0.2, 0.25) is 0 Å². The molecule has 0 aromatic carbocycles. The zero-order chi connectivity index (χ0) is 52.3.